The Morgan fingerprint density at radius 3 is 3.05 bits per heavy atom. The highest BCUT2D eigenvalue weighted by Gasteiger charge is 2.23. The smallest absolute Gasteiger partial charge is 0.230 e. The molecule has 1 unspecified atom stereocenters. The molecule has 1 aromatic carbocycles. The van der Waals surface area contributed by atoms with Crippen molar-refractivity contribution < 1.29 is 4.79 Å². The first-order valence-corrected chi connectivity index (χ1v) is 7.89. The van der Waals surface area contributed by atoms with E-state index in [-0.39, 0.29) is 11.9 Å². The van der Waals surface area contributed by atoms with Crippen molar-refractivity contribution in [3.8, 4) is 11.1 Å². The zero-order valence-electron chi connectivity index (χ0n) is 12.4. The molecule has 4 rings (SSSR count). The first kappa shape index (κ1) is 13.5. The number of nitrogens with one attached hydrogen (secondary N) is 1. The molecule has 1 atom stereocenters. The first-order chi connectivity index (χ1) is 10.7. The van der Waals surface area contributed by atoms with Crippen LogP contribution in [0, 0.1) is 0 Å². The molecule has 0 saturated carbocycles. The number of fused-ring (bicyclic) bond motifs is 2. The van der Waals surface area contributed by atoms with E-state index in [2.05, 4.69) is 28.5 Å². The summed E-state index contributed by atoms with van der Waals surface area (Å²) >= 11 is 0. The third-order valence-electron chi connectivity index (χ3n) is 4.72. The molecule has 3 N–H and O–H groups in total. The highest BCUT2D eigenvalue weighted by atomic mass is 16.1. The monoisotopic (exact) mass is 293 g/mol. The minimum atomic E-state index is 0.0201. The summed E-state index contributed by atoms with van der Waals surface area (Å²) in [5.74, 6) is 0.723. The largest absolute Gasteiger partial charge is 0.324 e. The zero-order chi connectivity index (χ0) is 15.1. The number of aromatic nitrogens is 1. The van der Waals surface area contributed by atoms with Crippen LogP contribution in [-0.2, 0) is 17.6 Å². The number of nitrogens with two attached hydrogens (primary N) is 1. The lowest BCUT2D eigenvalue weighted by Crippen LogP contribution is -2.10. The van der Waals surface area contributed by atoms with Crippen molar-refractivity contribution in [3.05, 3.63) is 47.2 Å². The molecule has 4 heteroatoms. The number of anilines is 1. The van der Waals surface area contributed by atoms with E-state index in [4.69, 9.17) is 5.73 Å². The minimum Gasteiger partial charge on any atom is -0.324 e. The molecule has 2 aromatic rings. The second kappa shape index (κ2) is 5.21. The van der Waals surface area contributed by atoms with Gasteiger partial charge < -0.3 is 11.1 Å². The summed E-state index contributed by atoms with van der Waals surface area (Å²) in [5, 5.41) is 2.82. The van der Waals surface area contributed by atoms with Crippen LogP contribution in [0.1, 0.15) is 42.0 Å². The number of aryl methyl sites for hydroxylation is 1. The Morgan fingerprint density at radius 2 is 2.14 bits per heavy atom. The molecule has 1 aliphatic carbocycles. The van der Waals surface area contributed by atoms with E-state index in [1.807, 2.05) is 6.07 Å². The minimum absolute atomic E-state index is 0.0201. The summed E-state index contributed by atoms with van der Waals surface area (Å²) in [6.45, 7) is 0. The maximum atomic E-state index is 11.6. The molecule has 0 bridgehead atoms. The van der Waals surface area contributed by atoms with Crippen LogP contribution in [0.4, 0.5) is 5.82 Å². The third-order valence-corrected chi connectivity index (χ3v) is 4.72. The van der Waals surface area contributed by atoms with E-state index >= 15 is 0 Å². The SMILES string of the molecule is NC1CCCCc2cc(-c3ccnc4c3CC(=O)N4)ccc21. The fourth-order valence-electron chi connectivity index (χ4n) is 3.57. The molecule has 4 nitrogen and oxygen atoms in total. The summed E-state index contributed by atoms with van der Waals surface area (Å²) < 4.78 is 0. The van der Waals surface area contributed by atoms with Crippen molar-refractivity contribution in [2.75, 3.05) is 5.32 Å². The Labute approximate surface area is 129 Å². The van der Waals surface area contributed by atoms with Crippen LogP contribution >= 0.6 is 0 Å². The molecule has 0 saturated heterocycles. The van der Waals surface area contributed by atoms with Crippen molar-refractivity contribution in [1.82, 2.24) is 4.98 Å². The molecule has 1 amide bonds. The van der Waals surface area contributed by atoms with Crippen LogP contribution in [0.15, 0.2) is 30.5 Å². The molecule has 0 radical (unpaired) electrons. The maximum absolute atomic E-state index is 11.6. The van der Waals surface area contributed by atoms with E-state index in [1.54, 1.807) is 6.20 Å². The summed E-state index contributed by atoms with van der Waals surface area (Å²) in [4.78, 5) is 15.9. The Hall–Kier alpha value is -2.20. The fraction of sp³-hybridized carbons (Fsp3) is 0.333. The highest BCUT2D eigenvalue weighted by molar-refractivity contribution is 6.00. The lowest BCUT2D eigenvalue weighted by atomic mass is 9.93. The van der Waals surface area contributed by atoms with Crippen molar-refractivity contribution in [3.63, 3.8) is 0 Å². The van der Waals surface area contributed by atoms with Gasteiger partial charge in [-0.2, -0.15) is 0 Å². The third kappa shape index (κ3) is 2.20. The number of carbonyl (C=O) groups is 1. The predicted molar refractivity (Wildman–Crippen MR) is 86.5 cm³/mol. The number of amides is 1. The average Bonchev–Trinajstić information content (AvgIpc) is 2.81. The van der Waals surface area contributed by atoms with Gasteiger partial charge in [-0.3, -0.25) is 4.79 Å². The molecular formula is C18H19N3O. The van der Waals surface area contributed by atoms with Gasteiger partial charge in [-0.1, -0.05) is 24.6 Å². The summed E-state index contributed by atoms with van der Waals surface area (Å²) in [6.07, 6.45) is 6.70. The van der Waals surface area contributed by atoms with Gasteiger partial charge >= 0.3 is 0 Å². The van der Waals surface area contributed by atoms with E-state index in [0.29, 0.717) is 12.2 Å². The van der Waals surface area contributed by atoms with Gasteiger partial charge in [0.05, 0.1) is 6.42 Å². The number of nitrogens with zero attached hydrogens (tertiary/aromatic N) is 1. The van der Waals surface area contributed by atoms with Gasteiger partial charge in [0.15, 0.2) is 0 Å². The molecular weight excluding hydrogens is 274 g/mol. The van der Waals surface area contributed by atoms with Gasteiger partial charge in [0.2, 0.25) is 5.91 Å². The summed E-state index contributed by atoms with van der Waals surface area (Å²) in [6, 6.07) is 8.69. The highest BCUT2D eigenvalue weighted by Crippen LogP contribution is 2.35. The summed E-state index contributed by atoms with van der Waals surface area (Å²) in [5.41, 5.74) is 12.2. The van der Waals surface area contributed by atoms with E-state index in [9.17, 15) is 4.79 Å². The number of hydrogen-bond acceptors (Lipinski definition) is 3. The zero-order valence-corrected chi connectivity index (χ0v) is 12.4. The second-order valence-corrected chi connectivity index (χ2v) is 6.18. The second-order valence-electron chi connectivity index (χ2n) is 6.18. The van der Waals surface area contributed by atoms with Gasteiger partial charge in [-0.05, 0) is 47.6 Å². The lowest BCUT2D eigenvalue weighted by Gasteiger charge is -2.15. The normalized spacial score (nSPS) is 20.0. The Morgan fingerprint density at radius 1 is 1.23 bits per heavy atom. The van der Waals surface area contributed by atoms with Gasteiger partial charge in [0.1, 0.15) is 5.82 Å². The van der Waals surface area contributed by atoms with E-state index in [1.165, 1.54) is 24.0 Å². The number of pyridine rings is 1. The molecule has 2 aliphatic rings. The molecule has 1 aromatic heterocycles. The van der Waals surface area contributed by atoms with Crippen molar-refractivity contribution in [2.24, 2.45) is 5.73 Å². The number of hydrogen-bond donors (Lipinski definition) is 2. The van der Waals surface area contributed by atoms with Crippen molar-refractivity contribution in [1.29, 1.82) is 0 Å². The van der Waals surface area contributed by atoms with Crippen LogP contribution in [0.2, 0.25) is 0 Å². The Kier molecular flexibility index (Phi) is 3.19. The molecule has 112 valence electrons. The van der Waals surface area contributed by atoms with E-state index < -0.39 is 0 Å². The predicted octanol–water partition coefficient (Wildman–Crippen LogP) is 2.97. The standard InChI is InChI=1S/C18H19N3O/c19-16-4-2-1-3-11-9-12(5-6-14(11)16)13-7-8-20-18-15(13)10-17(22)21-18/h5-9,16H,1-4,10,19H2,(H,20,21,22). The van der Waals surface area contributed by atoms with Gasteiger partial charge in [0, 0.05) is 17.8 Å². The fourth-order valence-corrected chi connectivity index (χ4v) is 3.57. The number of carbonyl (C=O) groups excluding carboxylic acids is 1. The van der Waals surface area contributed by atoms with Crippen LogP contribution in [0.25, 0.3) is 11.1 Å². The quantitative estimate of drug-likeness (QED) is 0.794. The number of benzene rings is 1. The van der Waals surface area contributed by atoms with Gasteiger partial charge in [0.25, 0.3) is 0 Å². The molecule has 2 heterocycles. The Bertz CT molecular complexity index is 754. The molecule has 0 spiro atoms. The summed E-state index contributed by atoms with van der Waals surface area (Å²) in [7, 11) is 0. The van der Waals surface area contributed by atoms with Crippen LogP contribution in [-0.4, -0.2) is 10.9 Å². The van der Waals surface area contributed by atoms with Crippen molar-refractivity contribution in [2.45, 2.75) is 38.1 Å². The van der Waals surface area contributed by atoms with Gasteiger partial charge in [-0.15, -0.1) is 0 Å². The van der Waals surface area contributed by atoms with Crippen LogP contribution in [0.3, 0.4) is 0 Å². The Balaban J connectivity index is 1.81. The first-order valence-electron chi connectivity index (χ1n) is 7.89. The molecule has 1 aliphatic heterocycles. The van der Waals surface area contributed by atoms with E-state index in [0.717, 1.165) is 29.5 Å². The number of rotatable bonds is 1. The molecule has 0 fully saturated rings. The van der Waals surface area contributed by atoms with Crippen molar-refractivity contribution >= 4 is 11.7 Å². The topological polar surface area (TPSA) is 68.0 Å². The lowest BCUT2D eigenvalue weighted by molar-refractivity contribution is -0.115. The maximum Gasteiger partial charge on any atom is 0.230 e. The average molecular weight is 293 g/mol. The van der Waals surface area contributed by atoms with Gasteiger partial charge in [-0.25, -0.2) is 4.98 Å². The van der Waals surface area contributed by atoms with Crippen LogP contribution in [0.5, 0.6) is 0 Å². The molecule has 22 heavy (non-hydrogen) atoms. The van der Waals surface area contributed by atoms with Crippen LogP contribution < -0.4 is 11.1 Å².